The Morgan fingerprint density at radius 1 is 1.16 bits per heavy atom. The number of benzene rings is 2. The number of rotatable bonds is 4. The first-order valence-corrected chi connectivity index (χ1v) is 7.53. The van der Waals surface area contributed by atoms with Crippen LogP contribution in [0.5, 0.6) is 11.5 Å². The highest BCUT2D eigenvalue weighted by molar-refractivity contribution is 6.02. The van der Waals surface area contributed by atoms with E-state index in [2.05, 4.69) is 5.32 Å². The summed E-state index contributed by atoms with van der Waals surface area (Å²) >= 11 is 0. The summed E-state index contributed by atoms with van der Waals surface area (Å²) in [6, 6.07) is 9.48. The Hall–Kier alpha value is -3.29. The number of hydrogen-bond donors (Lipinski definition) is 1. The normalized spacial score (nSPS) is 16.0. The molecule has 0 amide bonds. The Balaban J connectivity index is 2.09. The molecule has 0 fully saturated rings. The molecule has 130 valence electrons. The summed E-state index contributed by atoms with van der Waals surface area (Å²) in [5.41, 5.74) is 2.30. The van der Waals surface area contributed by atoms with Gasteiger partial charge in [0.15, 0.2) is 17.2 Å². The van der Waals surface area contributed by atoms with Crippen LogP contribution in [0.4, 0.5) is 11.4 Å². The van der Waals surface area contributed by atoms with Gasteiger partial charge in [0.05, 0.1) is 30.4 Å². The Kier molecular flexibility index (Phi) is 4.18. The number of nitrogens with zero attached hydrogens (tertiary/aromatic N) is 2. The molecule has 0 bridgehead atoms. The van der Waals surface area contributed by atoms with Gasteiger partial charge in [-0.1, -0.05) is 6.07 Å². The number of hydroxylamine groups is 1. The molecule has 0 saturated carbocycles. The fourth-order valence-corrected chi connectivity index (χ4v) is 2.84. The van der Waals surface area contributed by atoms with Crippen molar-refractivity contribution in [1.82, 2.24) is 0 Å². The fourth-order valence-electron chi connectivity index (χ4n) is 2.84. The van der Waals surface area contributed by atoms with Crippen LogP contribution < -0.4 is 14.8 Å². The average molecular weight is 343 g/mol. The van der Waals surface area contributed by atoms with Crippen LogP contribution >= 0.6 is 0 Å². The van der Waals surface area contributed by atoms with Gasteiger partial charge in [-0.05, 0) is 12.1 Å². The van der Waals surface area contributed by atoms with Crippen molar-refractivity contribution in [2.24, 2.45) is 0 Å². The minimum absolute atomic E-state index is 0.0662. The number of ether oxygens (including phenoxy) is 2. The first kappa shape index (κ1) is 16.6. The van der Waals surface area contributed by atoms with Crippen molar-refractivity contribution >= 4 is 17.1 Å². The molecule has 0 aromatic heterocycles. The molecule has 1 heterocycles. The number of nitro groups is 1. The molecule has 0 aliphatic carbocycles. The van der Waals surface area contributed by atoms with Crippen molar-refractivity contribution in [3.63, 3.8) is 0 Å². The number of methoxy groups -OCH3 is 2. The minimum Gasteiger partial charge on any atom is -0.622 e. The third-order valence-electron chi connectivity index (χ3n) is 4.17. The third kappa shape index (κ3) is 2.82. The van der Waals surface area contributed by atoms with Gasteiger partial charge in [-0.3, -0.25) is 10.1 Å². The van der Waals surface area contributed by atoms with Gasteiger partial charge in [-0.25, -0.2) is 0 Å². The van der Waals surface area contributed by atoms with Gasteiger partial charge in [-0.15, -0.1) is 0 Å². The van der Waals surface area contributed by atoms with E-state index in [9.17, 15) is 15.3 Å². The van der Waals surface area contributed by atoms with E-state index >= 15 is 0 Å². The van der Waals surface area contributed by atoms with Crippen LogP contribution in [0, 0.1) is 15.3 Å². The van der Waals surface area contributed by atoms with Crippen LogP contribution in [-0.4, -0.2) is 29.6 Å². The van der Waals surface area contributed by atoms with Crippen LogP contribution in [0.25, 0.3) is 0 Å². The lowest BCUT2D eigenvalue weighted by Gasteiger charge is -2.27. The number of non-ortho nitro benzene ring substituents is 1. The van der Waals surface area contributed by atoms with Crippen LogP contribution in [0.15, 0.2) is 36.4 Å². The van der Waals surface area contributed by atoms with Gasteiger partial charge in [0.2, 0.25) is 0 Å². The highest BCUT2D eigenvalue weighted by Gasteiger charge is 2.31. The first-order valence-electron chi connectivity index (χ1n) is 7.53. The lowest BCUT2D eigenvalue weighted by molar-refractivity contribution is -0.501. The second-order valence-electron chi connectivity index (χ2n) is 5.56. The monoisotopic (exact) mass is 343 g/mol. The molecule has 8 nitrogen and oxygen atoms in total. The largest absolute Gasteiger partial charge is 0.622 e. The van der Waals surface area contributed by atoms with Crippen LogP contribution in [0.1, 0.15) is 24.2 Å². The van der Waals surface area contributed by atoms with Crippen molar-refractivity contribution in [1.29, 1.82) is 0 Å². The van der Waals surface area contributed by atoms with Crippen LogP contribution in [0.3, 0.4) is 0 Å². The zero-order valence-electron chi connectivity index (χ0n) is 14.0. The number of fused-ring (bicyclic) bond motifs is 1. The van der Waals surface area contributed by atoms with E-state index in [0.29, 0.717) is 34.0 Å². The average Bonchev–Trinajstić information content (AvgIpc) is 2.63. The Morgan fingerprint density at radius 3 is 2.48 bits per heavy atom. The molecule has 0 spiro atoms. The molecule has 0 radical (unpaired) electrons. The summed E-state index contributed by atoms with van der Waals surface area (Å²) in [6.45, 7) is 1.70. The van der Waals surface area contributed by atoms with E-state index in [1.807, 2.05) is 0 Å². The molecule has 0 saturated heterocycles. The summed E-state index contributed by atoms with van der Waals surface area (Å²) in [5, 5.41) is 26.8. The van der Waals surface area contributed by atoms with E-state index in [1.165, 1.54) is 26.4 Å². The van der Waals surface area contributed by atoms with Gasteiger partial charge in [-0.2, -0.15) is 4.74 Å². The lowest BCUT2D eigenvalue weighted by Crippen LogP contribution is -2.31. The Bertz CT molecular complexity index is 879. The van der Waals surface area contributed by atoms with Crippen molar-refractivity contribution in [3.8, 4) is 11.5 Å². The maximum atomic E-state index is 12.7. The highest BCUT2D eigenvalue weighted by atomic mass is 16.6. The summed E-state index contributed by atoms with van der Waals surface area (Å²) in [4.78, 5) is 10.5. The van der Waals surface area contributed by atoms with Crippen LogP contribution in [-0.2, 0) is 0 Å². The Labute approximate surface area is 144 Å². The molecule has 1 N–H and O–H groups in total. The molecule has 1 aliphatic heterocycles. The molecule has 2 aromatic rings. The standard InChI is InChI=1S/C17H17N3O5/c1-10-13-8-15(24-2)16(25-3)9-14(13)18-17(19(10)21)11-5-4-6-12(7-11)20(22)23/h4-9,17-18H,1-3H3. The zero-order chi connectivity index (χ0) is 18.1. The van der Waals surface area contributed by atoms with Crippen molar-refractivity contribution in [3.05, 3.63) is 62.8 Å². The van der Waals surface area contributed by atoms with E-state index < -0.39 is 11.1 Å². The minimum atomic E-state index is -0.773. The second-order valence-corrected chi connectivity index (χ2v) is 5.56. The zero-order valence-corrected chi connectivity index (χ0v) is 14.0. The smallest absolute Gasteiger partial charge is 0.270 e. The van der Waals surface area contributed by atoms with E-state index in [-0.39, 0.29) is 5.69 Å². The molecule has 1 aliphatic rings. The van der Waals surface area contributed by atoms with Crippen molar-refractivity contribution in [2.75, 3.05) is 19.5 Å². The topological polar surface area (TPSA) is 99.7 Å². The Morgan fingerprint density at radius 2 is 1.84 bits per heavy atom. The molecule has 8 heteroatoms. The van der Waals surface area contributed by atoms with Crippen LogP contribution in [0.2, 0.25) is 0 Å². The van der Waals surface area contributed by atoms with Gasteiger partial charge >= 0.3 is 0 Å². The predicted molar refractivity (Wildman–Crippen MR) is 92.4 cm³/mol. The van der Waals surface area contributed by atoms with E-state index in [0.717, 1.165) is 4.74 Å². The fraction of sp³-hybridized carbons (Fsp3) is 0.235. The van der Waals surface area contributed by atoms with E-state index in [1.54, 1.807) is 31.2 Å². The van der Waals surface area contributed by atoms with Gasteiger partial charge < -0.3 is 20.0 Å². The molecule has 1 unspecified atom stereocenters. The second kappa shape index (κ2) is 6.31. The number of nitrogens with one attached hydrogen (secondary N) is 1. The summed E-state index contributed by atoms with van der Waals surface area (Å²) < 4.78 is 11.4. The summed E-state index contributed by atoms with van der Waals surface area (Å²) in [7, 11) is 3.05. The van der Waals surface area contributed by atoms with Gasteiger partial charge in [0.1, 0.15) is 0 Å². The number of hydrogen-bond acceptors (Lipinski definition) is 6. The quantitative estimate of drug-likeness (QED) is 0.396. The van der Waals surface area contributed by atoms with Gasteiger partial charge in [0.25, 0.3) is 11.9 Å². The predicted octanol–water partition coefficient (Wildman–Crippen LogP) is 3.06. The molecule has 1 atom stereocenters. The molecular weight excluding hydrogens is 326 g/mol. The highest BCUT2D eigenvalue weighted by Crippen LogP contribution is 2.38. The van der Waals surface area contributed by atoms with E-state index in [4.69, 9.17) is 9.47 Å². The SMILES string of the molecule is COc1cc2c(cc1OC)C(C)=[N+]([O-])C(c1cccc([N+](=O)[O-])c1)N2. The molecule has 2 aromatic carbocycles. The summed E-state index contributed by atoms with van der Waals surface area (Å²) in [6.07, 6.45) is -0.773. The summed E-state index contributed by atoms with van der Waals surface area (Å²) in [5.74, 6) is 1.04. The maximum Gasteiger partial charge on any atom is 0.270 e. The van der Waals surface area contributed by atoms with Gasteiger partial charge in [0, 0.05) is 30.7 Å². The molecular formula is C17H17N3O5. The molecule has 3 rings (SSSR count). The number of nitro benzene ring substituents is 1. The lowest BCUT2D eigenvalue weighted by atomic mass is 10.0. The first-order chi connectivity index (χ1) is 12.0. The maximum absolute atomic E-state index is 12.7. The number of anilines is 1. The van der Waals surface area contributed by atoms with Crippen molar-refractivity contribution < 1.29 is 19.1 Å². The third-order valence-corrected chi connectivity index (χ3v) is 4.17. The molecule has 25 heavy (non-hydrogen) atoms. The van der Waals surface area contributed by atoms with Crippen molar-refractivity contribution in [2.45, 2.75) is 13.1 Å².